The van der Waals surface area contributed by atoms with Crippen molar-refractivity contribution in [2.45, 2.75) is 38.6 Å². The van der Waals surface area contributed by atoms with E-state index in [1.807, 2.05) is 6.20 Å². The smallest absolute Gasteiger partial charge is 0.0669 e. The molecule has 1 saturated carbocycles. The fourth-order valence-electron chi connectivity index (χ4n) is 2.38. The molecule has 0 saturated heterocycles. The van der Waals surface area contributed by atoms with Crippen LogP contribution in [-0.4, -0.2) is 9.59 Å². The third-order valence-corrected chi connectivity index (χ3v) is 4.14. The molecule has 1 fully saturated rings. The molecule has 1 unspecified atom stereocenters. The maximum Gasteiger partial charge on any atom is 0.0669 e. The fourth-order valence-corrected chi connectivity index (χ4v) is 3.04. The van der Waals surface area contributed by atoms with E-state index in [1.165, 1.54) is 37.2 Å². The zero-order chi connectivity index (χ0) is 10.7. The second kappa shape index (κ2) is 5.01. The summed E-state index contributed by atoms with van der Waals surface area (Å²) in [6.07, 6.45) is 6.97. The molecule has 4 nitrogen and oxygen atoms in total. The van der Waals surface area contributed by atoms with E-state index in [0.717, 1.165) is 10.8 Å². The quantitative estimate of drug-likeness (QED) is 0.610. The third-order valence-electron chi connectivity index (χ3n) is 3.40. The molecule has 1 aliphatic rings. The predicted molar refractivity (Wildman–Crippen MR) is 61.1 cm³/mol. The van der Waals surface area contributed by atoms with Gasteiger partial charge >= 0.3 is 0 Å². The molecule has 1 aliphatic carbocycles. The van der Waals surface area contributed by atoms with Crippen molar-refractivity contribution in [2.75, 3.05) is 0 Å². The van der Waals surface area contributed by atoms with Crippen LogP contribution in [0.4, 0.5) is 0 Å². The minimum Gasteiger partial charge on any atom is -0.271 e. The summed E-state index contributed by atoms with van der Waals surface area (Å²) >= 11 is 1.45. The molecule has 84 valence electrons. The number of aromatic nitrogens is 2. The highest BCUT2D eigenvalue weighted by Gasteiger charge is 2.27. The Balaban J connectivity index is 2.01. The topological polar surface area (TPSA) is 63.8 Å². The maximum atomic E-state index is 5.63. The molecule has 2 rings (SSSR count). The number of rotatable bonds is 3. The predicted octanol–water partition coefficient (Wildman–Crippen LogP) is 1.87. The molecule has 0 amide bonds. The molecule has 1 aromatic heterocycles. The molecule has 1 aromatic rings. The first kappa shape index (κ1) is 11.0. The summed E-state index contributed by atoms with van der Waals surface area (Å²) in [6, 6.07) is 0.248. The van der Waals surface area contributed by atoms with Crippen molar-refractivity contribution in [3.8, 4) is 0 Å². The molecule has 3 N–H and O–H groups in total. The normalized spacial score (nSPS) is 28.9. The molecule has 1 atom stereocenters. The zero-order valence-electron chi connectivity index (χ0n) is 9.02. The number of hydrogen-bond donors (Lipinski definition) is 2. The number of hydrogen-bond acceptors (Lipinski definition) is 5. The van der Waals surface area contributed by atoms with Gasteiger partial charge in [-0.2, -0.15) is 0 Å². The van der Waals surface area contributed by atoms with Gasteiger partial charge in [0.05, 0.1) is 17.1 Å². The monoisotopic (exact) mass is 226 g/mol. The molecule has 15 heavy (non-hydrogen) atoms. The highest BCUT2D eigenvalue weighted by atomic mass is 32.1. The second-order valence-electron chi connectivity index (χ2n) is 4.48. The lowest BCUT2D eigenvalue weighted by Gasteiger charge is -2.31. The van der Waals surface area contributed by atoms with Crippen LogP contribution in [0.3, 0.4) is 0 Å². The summed E-state index contributed by atoms with van der Waals surface area (Å²) in [5.74, 6) is 7.15. The van der Waals surface area contributed by atoms with Gasteiger partial charge in [-0.15, -0.1) is 5.10 Å². The van der Waals surface area contributed by atoms with Crippen molar-refractivity contribution in [3.63, 3.8) is 0 Å². The first-order valence-corrected chi connectivity index (χ1v) is 6.32. The molecule has 1 heterocycles. The van der Waals surface area contributed by atoms with Crippen LogP contribution in [-0.2, 0) is 0 Å². The van der Waals surface area contributed by atoms with E-state index in [9.17, 15) is 0 Å². The van der Waals surface area contributed by atoms with Gasteiger partial charge in [0.15, 0.2) is 0 Å². The number of nitrogens with one attached hydrogen (secondary N) is 1. The van der Waals surface area contributed by atoms with Gasteiger partial charge in [0.1, 0.15) is 0 Å². The van der Waals surface area contributed by atoms with E-state index in [1.54, 1.807) is 0 Å². The molecule has 0 bridgehead atoms. The summed E-state index contributed by atoms with van der Waals surface area (Å²) in [4.78, 5) is 1.16. The van der Waals surface area contributed by atoms with Crippen LogP contribution in [0.1, 0.15) is 43.5 Å². The Morgan fingerprint density at radius 3 is 2.73 bits per heavy atom. The summed E-state index contributed by atoms with van der Waals surface area (Å²) in [5, 5.41) is 3.87. The Morgan fingerprint density at radius 1 is 1.47 bits per heavy atom. The van der Waals surface area contributed by atoms with Crippen molar-refractivity contribution < 1.29 is 0 Å². The van der Waals surface area contributed by atoms with Gasteiger partial charge in [-0.1, -0.05) is 24.3 Å². The van der Waals surface area contributed by atoms with Crippen molar-refractivity contribution in [1.29, 1.82) is 0 Å². The summed E-state index contributed by atoms with van der Waals surface area (Å²) in [7, 11) is 0. The van der Waals surface area contributed by atoms with E-state index in [0.29, 0.717) is 5.92 Å². The van der Waals surface area contributed by atoms with E-state index in [4.69, 9.17) is 5.84 Å². The SMILES string of the molecule is CC1CCC(C(NN)c2cnns2)CC1. The van der Waals surface area contributed by atoms with E-state index in [-0.39, 0.29) is 6.04 Å². The van der Waals surface area contributed by atoms with Crippen LogP contribution in [0.25, 0.3) is 0 Å². The molecule has 0 spiro atoms. The average Bonchev–Trinajstić information content (AvgIpc) is 2.75. The molecule has 0 aromatic carbocycles. The fraction of sp³-hybridized carbons (Fsp3) is 0.800. The number of nitrogens with two attached hydrogens (primary N) is 1. The Labute approximate surface area is 94.4 Å². The van der Waals surface area contributed by atoms with Crippen molar-refractivity contribution >= 4 is 11.5 Å². The Kier molecular flexibility index (Phi) is 3.66. The van der Waals surface area contributed by atoms with E-state index in [2.05, 4.69) is 21.9 Å². The van der Waals surface area contributed by atoms with Gasteiger partial charge in [-0.05, 0) is 36.2 Å². The summed E-state index contributed by atoms with van der Waals surface area (Å²) in [5.41, 5.74) is 2.92. The maximum absolute atomic E-state index is 5.63. The Hall–Kier alpha value is -0.520. The summed E-state index contributed by atoms with van der Waals surface area (Å²) < 4.78 is 3.90. The molecule has 0 aliphatic heterocycles. The number of nitrogens with zero attached hydrogens (tertiary/aromatic N) is 2. The van der Waals surface area contributed by atoms with Crippen LogP contribution in [0.2, 0.25) is 0 Å². The number of hydrazine groups is 1. The van der Waals surface area contributed by atoms with Crippen molar-refractivity contribution in [3.05, 3.63) is 11.1 Å². The lowest BCUT2D eigenvalue weighted by molar-refractivity contribution is 0.234. The first-order valence-electron chi connectivity index (χ1n) is 5.54. The van der Waals surface area contributed by atoms with E-state index < -0.39 is 0 Å². The summed E-state index contributed by atoms with van der Waals surface area (Å²) in [6.45, 7) is 2.33. The highest BCUT2D eigenvalue weighted by molar-refractivity contribution is 7.05. The molecule has 5 heteroatoms. The van der Waals surface area contributed by atoms with Crippen molar-refractivity contribution in [2.24, 2.45) is 17.7 Å². The molecular weight excluding hydrogens is 208 g/mol. The van der Waals surface area contributed by atoms with Gasteiger partial charge in [-0.3, -0.25) is 11.3 Å². The van der Waals surface area contributed by atoms with Crippen LogP contribution >= 0.6 is 11.5 Å². The van der Waals surface area contributed by atoms with Gasteiger partial charge in [0.25, 0.3) is 0 Å². The van der Waals surface area contributed by atoms with Crippen LogP contribution in [0.15, 0.2) is 6.20 Å². The zero-order valence-corrected chi connectivity index (χ0v) is 9.83. The largest absolute Gasteiger partial charge is 0.271 e. The lowest BCUT2D eigenvalue weighted by atomic mass is 9.79. The van der Waals surface area contributed by atoms with Gasteiger partial charge in [0.2, 0.25) is 0 Å². The Morgan fingerprint density at radius 2 is 2.20 bits per heavy atom. The lowest BCUT2D eigenvalue weighted by Crippen LogP contribution is -2.34. The Bertz CT molecular complexity index is 280. The first-order chi connectivity index (χ1) is 7.31. The standard InChI is InChI=1S/C10H18N4S/c1-7-2-4-8(5-3-7)10(13-11)9-6-12-14-15-9/h6-8,10,13H,2-5,11H2,1H3. The van der Waals surface area contributed by atoms with Gasteiger partial charge < -0.3 is 0 Å². The molecular formula is C10H18N4S. The van der Waals surface area contributed by atoms with Crippen molar-refractivity contribution in [1.82, 2.24) is 15.0 Å². The van der Waals surface area contributed by atoms with Gasteiger partial charge in [-0.25, -0.2) is 0 Å². The third kappa shape index (κ3) is 2.53. The average molecular weight is 226 g/mol. The van der Waals surface area contributed by atoms with Crippen LogP contribution in [0.5, 0.6) is 0 Å². The van der Waals surface area contributed by atoms with E-state index >= 15 is 0 Å². The van der Waals surface area contributed by atoms with Crippen LogP contribution in [0, 0.1) is 11.8 Å². The van der Waals surface area contributed by atoms with Crippen LogP contribution < -0.4 is 11.3 Å². The van der Waals surface area contributed by atoms with Gasteiger partial charge in [0, 0.05) is 0 Å². The minimum atomic E-state index is 0.248. The highest BCUT2D eigenvalue weighted by Crippen LogP contribution is 2.36. The minimum absolute atomic E-state index is 0.248. The molecule has 0 radical (unpaired) electrons. The second-order valence-corrected chi connectivity index (χ2v) is 5.30.